The summed E-state index contributed by atoms with van der Waals surface area (Å²) in [4.78, 5) is 11.1. The Bertz CT molecular complexity index is 177. The van der Waals surface area contributed by atoms with Gasteiger partial charge in [-0.15, -0.1) is 0 Å². The molecule has 96 valence electrons. The fourth-order valence-corrected chi connectivity index (χ4v) is 0.973. The lowest BCUT2D eigenvalue weighted by Crippen LogP contribution is -2.33. The normalized spacial score (nSPS) is 12.4. The summed E-state index contributed by atoms with van der Waals surface area (Å²) in [6, 6.07) is -0.751. The zero-order valence-corrected chi connectivity index (χ0v) is 9.68. The van der Waals surface area contributed by atoms with Crippen molar-refractivity contribution in [1.29, 1.82) is 0 Å². The first kappa shape index (κ1) is 15.3. The molecule has 0 fully saturated rings. The SMILES string of the molecule is COCCCOCCOC(=O)[C@H](N)CCO. The van der Waals surface area contributed by atoms with Crippen LogP contribution in [0.15, 0.2) is 0 Å². The predicted molar refractivity (Wildman–Crippen MR) is 57.9 cm³/mol. The van der Waals surface area contributed by atoms with E-state index in [0.29, 0.717) is 19.8 Å². The monoisotopic (exact) mass is 235 g/mol. The molecule has 0 aromatic carbocycles. The van der Waals surface area contributed by atoms with Crippen LogP contribution in [0.5, 0.6) is 0 Å². The molecule has 0 aromatic heterocycles. The molecule has 0 aliphatic carbocycles. The van der Waals surface area contributed by atoms with Crippen molar-refractivity contribution < 1.29 is 24.1 Å². The molecule has 3 N–H and O–H groups in total. The van der Waals surface area contributed by atoms with Gasteiger partial charge in [0.1, 0.15) is 12.6 Å². The van der Waals surface area contributed by atoms with Crippen molar-refractivity contribution in [3.63, 3.8) is 0 Å². The van der Waals surface area contributed by atoms with Gasteiger partial charge in [0, 0.05) is 26.9 Å². The Balaban J connectivity index is 3.27. The maximum absolute atomic E-state index is 11.1. The predicted octanol–water partition coefficient (Wildman–Crippen LogP) is -0.708. The molecule has 0 saturated carbocycles. The number of methoxy groups -OCH3 is 1. The van der Waals surface area contributed by atoms with Gasteiger partial charge >= 0.3 is 5.97 Å². The smallest absolute Gasteiger partial charge is 0.323 e. The highest BCUT2D eigenvalue weighted by Gasteiger charge is 2.13. The van der Waals surface area contributed by atoms with Gasteiger partial charge in [0.25, 0.3) is 0 Å². The minimum atomic E-state index is -0.751. The molecular weight excluding hydrogens is 214 g/mol. The van der Waals surface area contributed by atoms with Crippen molar-refractivity contribution in [2.75, 3.05) is 40.1 Å². The number of ether oxygens (including phenoxy) is 3. The van der Waals surface area contributed by atoms with E-state index in [1.807, 2.05) is 0 Å². The minimum Gasteiger partial charge on any atom is -0.462 e. The summed E-state index contributed by atoms with van der Waals surface area (Å²) in [5, 5.41) is 8.55. The third-order valence-electron chi connectivity index (χ3n) is 1.85. The van der Waals surface area contributed by atoms with Crippen LogP contribution in [0.4, 0.5) is 0 Å². The van der Waals surface area contributed by atoms with Crippen molar-refractivity contribution in [1.82, 2.24) is 0 Å². The Morgan fingerprint density at radius 1 is 1.31 bits per heavy atom. The van der Waals surface area contributed by atoms with Crippen LogP contribution in [0.1, 0.15) is 12.8 Å². The van der Waals surface area contributed by atoms with Crippen LogP contribution in [0.3, 0.4) is 0 Å². The zero-order valence-electron chi connectivity index (χ0n) is 9.68. The standard InChI is InChI=1S/C10H21NO5/c1-14-5-2-6-15-7-8-16-10(13)9(11)3-4-12/h9,12H,2-8,11H2,1H3/t9-/m1/s1. The topological polar surface area (TPSA) is 91.0 Å². The summed E-state index contributed by atoms with van der Waals surface area (Å²) < 4.78 is 14.8. The van der Waals surface area contributed by atoms with E-state index in [4.69, 9.17) is 25.1 Å². The summed E-state index contributed by atoms with van der Waals surface area (Å²) in [6.07, 6.45) is 1.03. The van der Waals surface area contributed by atoms with Crippen molar-refractivity contribution in [3.8, 4) is 0 Å². The molecule has 0 spiro atoms. The number of rotatable bonds is 10. The highest BCUT2D eigenvalue weighted by Crippen LogP contribution is 1.91. The third-order valence-corrected chi connectivity index (χ3v) is 1.85. The third kappa shape index (κ3) is 8.60. The molecular formula is C10H21NO5. The van der Waals surface area contributed by atoms with Gasteiger partial charge in [0.05, 0.1) is 6.61 Å². The second-order valence-electron chi connectivity index (χ2n) is 3.24. The highest BCUT2D eigenvalue weighted by atomic mass is 16.6. The Labute approximate surface area is 95.7 Å². The maximum atomic E-state index is 11.1. The van der Waals surface area contributed by atoms with Gasteiger partial charge in [-0.1, -0.05) is 0 Å². The molecule has 0 saturated heterocycles. The molecule has 0 bridgehead atoms. The van der Waals surface area contributed by atoms with Crippen LogP contribution in [0, 0.1) is 0 Å². The lowest BCUT2D eigenvalue weighted by molar-refractivity contribution is -0.147. The molecule has 16 heavy (non-hydrogen) atoms. The van der Waals surface area contributed by atoms with E-state index >= 15 is 0 Å². The lowest BCUT2D eigenvalue weighted by atomic mass is 10.2. The van der Waals surface area contributed by atoms with Crippen molar-refractivity contribution in [3.05, 3.63) is 0 Å². The number of aliphatic hydroxyl groups excluding tert-OH is 1. The van der Waals surface area contributed by atoms with E-state index in [-0.39, 0.29) is 19.6 Å². The second-order valence-corrected chi connectivity index (χ2v) is 3.24. The molecule has 6 nitrogen and oxygen atoms in total. The quantitative estimate of drug-likeness (QED) is 0.384. The summed E-state index contributed by atoms with van der Waals surface area (Å²) in [6.45, 7) is 1.64. The summed E-state index contributed by atoms with van der Waals surface area (Å²) in [7, 11) is 1.63. The molecule has 0 heterocycles. The van der Waals surface area contributed by atoms with E-state index in [9.17, 15) is 4.79 Å². The molecule has 1 atom stereocenters. The average molecular weight is 235 g/mol. The number of carbonyl (C=O) groups excluding carboxylic acids is 1. The molecule has 6 heteroatoms. The number of nitrogens with two attached hydrogens (primary N) is 1. The van der Waals surface area contributed by atoms with Crippen molar-refractivity contribution in [2.24, 2.45) is 5.73 Å². The number of hydrogen-bond acceptors (Lipinski definition) is 6. The van der Waals surface area contributed by atoms with Gasteiger partial charge in [-0.2, -0.15) is 0 Å². The Morgan fingerprint density at radius 3 is 2.69 bits per heavy atom. The molecule has 0 aliphatic heterocycles. The molecule has 0 radical (unpaired) electrons. The molecule has 0 aliphatic rings. The van der Waals surface area contributed by atoms with Crippen LogP contribution in [0.25, 0.3) is 0 Å². The van der Waals surface area contributed by atoms with E-state index < -0.39 is 12.0 Å². The number of hydrogen-bond donors (Lipinski definition) is 2. The Hall–Kier alpha value is -0.690. The van der Waals surface area contributed by atoms with Crippen LogP contribution < -0.4 is 5.73 Å². The van der Waals surface area contributed by atoms with Crippen LogP contribution >= 0.6 is 0 Å². The van der Waals surface area contributed by atoms with Crippen molar-refractivity contribution in [2.45, 2.75) is 18.9 Å². The van der Waals surface area contributed by atoms with Gasteiger partial charge in [0.2, 0.25) is 0 Å². The van der Waals surface area contributed by atoms with Gasteiger partial charge in [-0.25, -0.2) is 0 Å². The summed E-state index contributed by atoms with van der Waals surface area (Å²) >= 11 is 0. The molecule has 0 unspecified atom stereocenters. The fraction of sp³-hybridized carbons (Fsp3) is 0.900. The Kier molecular flexibility index (Phi) is 10.3. The van der Waals surface area contributed by atoms with Crippen molar-refractivity contribution >= 4 is 5.97 Å². The van der Waals surface area contributed by atoms with Gasteiger partial charge < -0.3 is 25.1 Å². The summed E-state index contributed by atoms with van der Waals surface area (Å²) in [5.74, 6) is -0.505. The number of aliphatic hydroxyl groups is 1. The molecule has 0 aromatic rings. The summed E-state index contributed by atoms with van der Waals surface area (Å²) in [5.41, 5.74) is 5.42. The Morgan fingerprint density at radius 2 is 2.06 bits per heavy atom. The lowest BCUT2D eigenvalue weighted by Gasteiger charge is -2.10. The van der Waals surface area contributed by atoms with Crippen LogP contribution in [0.2, 0.25) is 0 Å². The highest BCUT2D eigenvalue weighted by molar-refractivity contribution is 5.75. The van der Waals surface area contributed by atoms with Crippen LogP contribution in [-0.2, 0) is 19.0 Å². The van der Waals surface area contributed by atoms with E-state index in [1.54, 1.807) is 7.11 Å². The largest absolute Gasteiger partial charge is 0.462 e. The first-order valence-electron chi connectivity index (χ1n) is 5.32. The minimum absolute atomic E-state index is 0.121. The first-order chi connectivity index (χ1) is 7.72. The first-order valence-corrected chi connectivity index (χ1v) is 5.32. The zero-order chi connectivity index (χ0) is 12.2. The van der Waals surface area contributed by atoms with Crippen LogP contribution in [-0.4, -0.2) is 57.3 Å². The van der Waals surface area contributed by atoms with Gasteiger partial charge in [-0.05, 0) is 12.8 Å². The fourth-order valence-electron chi connectivity index (χ4n) is 0.973. The maximum Gasteiger partial charge on any atom is 0.323 e. The van der Waals surface area contributed by atoms with E-state index in [0.717, 1.165) is 6.42 Å². The molecule has 0 amide bonds. The van der Waals surface area contributed by atoms with Gasteiger partial charge in [-0.3, -0.25) is 4.79 Å². The van der Waals surface area contributed by atoms with Gasteiger partial charge in [0.15, 0.2) is 0 Å². The second kappa shape index (κ2) is 10.8. The average Bonchev–Trinajstić information content (AvgIpc) is 2.28. The van der Waals surface area contributed by atoms with E-state index in [1.165, 1.54) is 0 Å². The number of carbonyl (C=O) groups is 1. The molecule has 0 rings (SSSR count). The number of esters is 1. The van der Waals surface area contributed by atoms with E-state index in [2.05, 4.69) is 0 Å².